The lowest BCUT2D eigenvalue weighted by Crippen LogP contribution is -2.51. The normalized spacial score (nSPS) is 34.1. The van der Waals surface area contributed by atoms with Crippen molar-refractivity contribution in [3.8, 4) is 0 Å². The molecule has 0 radical (unpaired) electrons. The van der Waals surface area contributed by atoms with Crippen molar-refractivity contribution in [3.63, 3.8) is 0 Å². The van der Waals surface area contributed by atoms with Crippen LogP contribution in [0.1, 0.15) is 26.7 Å². The van der Waals surface area contributed by atoms with Gasteiger partial charge in [-0.1, -0.05) is 30.4 Å². The highest BCUT2D eigenvalue weighted by molar-refractivity contribution is 6.12. The molecule has 2 aliphatic heterocycles. The first kappa shape index (κ1) is 21.8. The number of ketones is 2. The fraction of sp³-hybridized carbons (Fsp3) is 0.435. The molecule has 1 saturated heterocycles. The van der Waals surface area contributed by atoms with Gasteiger partial charge in [0.2, 0.25) is 5.78 Å². The van der Waals surface area contributed by atoms with Crippen LogP contribution in [0.3, 0.4) is 0 Å². The van der Waals surface area contributed by atoms with E-state index in [9.17, 15) is 24.6 Å². The summed E-state index contributed by atoms with van der Waals surface area (Å²) < 4.78 is 10.8. The summed E-state index contributed by atoms with van der Waals surface area (Å²) in [6.07, 6.45) is 12.7. The maximum Gasteiger partial charge on any atom is 0.318 e. The third-order valence-electron chi connectivity index (χ3n) is 5.90. The number of esters is 1. The molecule has 2 fully saturated rings. The van der Waals surface area contributed by atoms with E-state index < -0.39 is 35.3 Å². The molecule has 1 aliphatic carbocycles. The van der Waals surface area contributed by atoms with Crippen molar-refractivity contribution in [2.45, 2.75) is 38.4 Å². The number of rotatable bonds is 6. The zero-order valence-corrected chi connectivity index (χ0v) is 17.0. The predicted octanol–water partition coefficient (Wildman–Crippen LogP) is 2.49. The number of carbonyl (C=O) groups excluding carboxylic acids is 3. The Kier molecular flexibility index (Phi) is 6.41. The summed E-state index contributed by atoms with van der Waals surface area (Å²) in [7, 11) is 0. The number of aliphatic hydroxyl groups is 2. The number of hydrogen-bond donors (Lipinski definition) is 2. The molecule has 7 nitrogen and oxygen atoms in total. The predicted molar refractivity (Wildman–Crippen MR) is 108 cm³/mol. The van der Waals surface area contributed by atoms with E-state index in [2.05, 4.69) is 0 Å². The van der Waals surface area contributed by atoms with E-state index in [-0.39, 0.29) is 24.1 Å². The average molecular weight is 414 g/mol. The molecule has 0 aromatic carbocycles. The molecule has 2 heterocycles. The molecule has 0 spiro atoms. The van der Waals surface area contributed by atoms with Gasteiger partial charge in [-0.2, -0.15) is 0 Å². The van der Waals surface area contributed by atoms with Gasteiger partial charge in [0.15, 0.2) is 11.4 Å². The Morgan fingerprint density at radius 2 is 1.97 bits per heavy atom. The maximum absolute atomic E-state index is 13.0. The van der Waals surface area contributed by atoms with E-state index in [1.54, 1.807) is 18.2 Å². The first-order valence-electron chi connectivity index (χ1n) is 9.96. The highest BCUT2D eigenvalue weighted by Crippen LogP contribution is 2.51. The minimum atomic E-state index is -1.44. The Morgan fingerprint density at radius 3 is 2.67 bits per heavy atom. The molecule has 30 heavy (non-hydrogen) atoms. The summed E-state index contributed by atoms with van der Waals surface area (Å²) in [6.45, 7) is 3.22. The van der Waals surface area contributed by atoms with Crippen LogP contribution in [0.5, 0.6) is 0 Å². The smallest absolute Gasteiger partial charge is 0.318 e. The van der Waals surface area contributed by atoms with Crippen molar-refractivity contribution in [2.75, 3.05) is 6.61 Å². The number of aliphatic hydroxyl groups excluding tert-OH is 2. The average Bonchev–Trinajstić information content (AvgIpc) is 2.98. The van der Waals surface area contributed by atoms with Gasteiger partial charge in [0.1, 0.15) is 17.8 Å². The molecule has 1 saturated carbocycles. The van der Waals surface area contributed by atoms with Gasteiger partial charge in [-0.3, -0.25) is 14.4 Å². The van der Waals surface area contributed by atoms with Gasteiger partial charge in [0.25, 0.3) is 0 Å². The molecule has 0 amide bonds. The van der Waals surface area contributed by atoms with Crippen molar-refractivity contribution in [1.82, 2.24) is 0 Å². The maximum atomic E-state index is 13.0. The highest BCUT2D eigenvalue weighted by Gasteiger charge is 2.63. The van der Waals surface area contributed by atoms with Crippen LogP contribution in [0.2, 0.25) is 0 Å². The summed E-state index contributed by atoms with van der Waals surface area (Å²) in [6, 6.07) is 0. The fourth-order valence-corrected chi connectivity index (χ4v) is 4.34. The molecule has 2 N–H and O–H groups in total. The fourth-order valence-electron chi connectivity index (χ4n) is 4.34. The molecule has 0 bridgehead atoms. The molecule has 7 heteroatoms. The largest absolute Gasteiger partial charge is 0.508 e. The topological polar surface area (TPSA) is 110 Å². The number of ether oxygens (including phenoxy) is 2. The molecule has 0 aromatic heterocycles. The summed E-state index contributed by atoms with van der Waals surface area (Å²) in [5.74, 6) is -4.05. The van der Waals surface area contributed by atoms with E-state index in [4.69, 9.17) is 9.47 Å². The van der Waals surface area contributed by atoms with E-state index in [0.29, 0.717) is 18.4 Å². The molecule has 5 unspecified atom stereocenters. The quantitative estimate of drug-likeness (QED) is 0.226. The lowest BCUT2D eigenvalue weighted by Gasteiger charge is -2.41. The molecular formula is C23H26O7. The minimum absolute atomic E-state index is 0.181. The number of carbonyl (C=O) groups is 3. The van der Waals surface area contributed by atoms with Crippen LogP contribution in [0.25, 0.3) is 0 Å². The zero-order valence-electron chi connectivity index (χ0n) is 17.0. The van der Waals surface area contributed by atoms with Crippen molar-refractivity contribution >= 4 is 17.5 Å². The van der Waals surface area contributed by atoms with E-state index in [0.717, 1.165) is 6.08 Å². The first-order chi connectivity index (χ1) is 14.3. The molecule has 3 aliphatic rings. The van der Waals surface area contributed by atoms with Gasteiger partial charge in [-0.25, -0.2) is 0 Å². The minimum Gasteiger partial charge on any atom is -0.508 e. The van der Waals surface area contributed by atoms with Crippen molar-refractivity contribution in [3.05, 3.63) is 60.1 Å². The van der Waals surface area contributed by atoms with E-state index in [1.807, 2.05) is 19.1 Å². The van der Waals surface area contributed by atoms with Gasteiger partial charge in [-0.15, -0.1) is 0 Å². The molecule has 3 rings (SSSR count). The van der Waals surface area contributed by atoms with Gasteiger partial charge in [0, 0.05) is 17.6 Å². The second kappa shape index (κ2) is 8.83. The Morgan fingerprint density at radius 1 is 1.23 bits per heavy atom. The van der Waals surface area contributed by atoms with Gasteiger partial charge in [0.05, 0.1) is 12.9 Å². The highest BCUT2D eigenvalue weighted by atomic mass is 16.6. The third kappa shape index (κ3) is 4.03. The first-order valence-corrected chi connectivity index (χ1v) is 9.96. The van der Waals surface area contributed by atoms with E-state index >= 15 is 0 Å². The molecular weight excluding hydrogens is 388 g/mol. The van der Waals surface area contributed by atoms with Crippen LogP contribution in [-0.2, 0) is 23.9 Å². The van der Waals surface area contributed by atoms with Crippen LogP contribution in [-0.4, -0.2) is 46.1 Å². The SMILES string of the molecule is C/C=C/C=C/C=C/C(O)=CC(=O)C1C(=O)OC2(C)C(=O)C3=COC(CO)CC3CC12. The molecule has 0 aromatic rings. The monoisotopic (exact) mass is 414 g/mol. The second-order valence-electron chi connectivity index (χ2n) is 7.86. The van der Waals surface area contributed by atoms with Gasteiger partial charge in [-0.05, 0) is 38.7 Å². The summed E-state index contributed by atoms with van der Waals surface area (Å²) in [5, 5.41) is 19.4. The number of hydrogen-bond acceptors (Lipinski definition) is 7. The Balaban J connectivity index is 1.81. The number of fused-ring (bicyclic) bond motifs is 2. The second-order valence-corrected chi connectivity index (χ2v) is 7.86. The van der Waals surface area contributed by atoms with Crippen LogP contribution in [0.4, 0.5) is 0 Å². The summed E-state index contributed by atoms with van der Waals surface area (Å²) >= 11 is 0. The van der Waals surface area contributed by atoms with Crippen LogP contribution < -0.4 is 0 Å². The van der Waals surface area contributed by atoms with E-state index in [1.165, 1.54) is 19.3 Å². The summed E-state index contributed by atoms with van der Waals surface area (Å²) in [5.41, 5.74) is -1.02. The summed E-state index contributed by atoms with van der Waals surface area (Å²) in [4.78, 5) is 38.4. The Bertz CT molecular complexity index is 876. The van der Waals surface area contributed by atoms with Crippen molar-refractivity contribution < 1.29 is 34.1 Å². The zero-order chi connectivity index (χ0) is 21.9. The van der Waals surface area contributed by atoms with Crippen molar-refractivity contribution in [1.29, 1.82) is 0 Å². The third-order valence-corrected chi connectivity index (χ3v) is 5.90. The molecule has 5 atom stereocenters. The lowest BCUT2D eigenvalue weighted by molar-refractivity contribution is -0.158. The van der Waals surface area contributed by atoms with Gasteiger partial charge >= 0.3 is 5.97 Å². The van der Waals surface area contributed by atoms with Crippen molar-refractivity contribution in [2.24, 2.45) is 17.8 Å². The van der Waals surface area contributed by atoms with Crippen LogP contribution >= 0.6 is 0 Å². The lowest BCUT2D eigenvalue weighted by atomic mass is 9.63. The number of allylic oxidation sites excluding steroid dienone is 7. The Labute approximate surface area is 175 Å². The molecule has 160 valence electrons. The van der Waals surface area contributed by atoms with Crippen LogP contribution in [0.15, 0.2) is 60.1 Å². The van der Waals surface area contributed by atoms with Gasteiger partial charge < -0.3 is 19.7 Å². The number of Topliss-reactive ketones (excluding diaryl/α,β-unsaturated/α-hetero) is 1. The van der Waals surface area contributed by atoms with Crippen LogP contribution in [0, 0.1) is 17.8 Å². The standard InChI is InChI=1S/C23H26O7/c1-3-4-5-6-7-8-15(25)11-19(26)20-18-10-14-9-16(12-24)29-13-17(14)21(27)23(18,2)30-22(20)28/h3-8,11,13-14,16,18,20,24-25H,9-10,12H2,1-2H3/b4-3+,6-5+,8-7+,15-11?. The Hall–Kier alpha value is -2.93.